The highest BCUT2D eigenvalue weighted by atomic mass is 19.1. The van der Waals surface area contributed by atoms with Crippen molar-refractivity contribution in [1.29, 1.82) is 0 Å². The van der Waals surface area contributed by atoms with Crippen LogP contribution in [0.15, 0.2) is 110 Å². The smallest absolute Gasteiger partial charge is 0.258 e. The molecule has 3 heterocycles. The summed E-state index contributed by atoms with van der Waals surface area (Å²) >= 11 is 0. The van der Waals surface area contributed by atoms with Crippen LogP contribution in [0.5, 0.6) is 0 Å². The Hall–Kier alpha value is -6.19. The molecule has 0 amide bonds. The second-order valence-electron chi connectivity index (χ2n) is 7.65. The van der Waals surface area contributed by atoms with Crippen LogP contribution < -0.4 is 0 Å². The van der Waals surface area contributed by atoms with E-state index in [4.69, 9.17) is 0 Å². The molecule has 1 N–H and O–H groups in total. The van der Waals surface area contributed by atoms with Gasteiger partial charge in [0, 0.05) is 18.2 Å². The lowest BCUT2D eigenvalue weighted by atomic mass is 10.2. The van der Waals surface area contributed by atoms with Gasteiger partial charge in [-0.25, -0.2) is 4.39 Å². The SMILES string of the molecule is Cc1cccc(-n2nccn2)c1.O=[N+]([O-])c1cccc(-n2nccn2)c1.O=[N+]([O-])c1cccc(F)c1.c1cn[nH]n1. The van der Waals surface area contributed by atoms with Crippen molar-refractivity contribution in [3.05, 3.63) is 142 Å². The number of non-ortho nitro benzene ring substituents is 2. The quantitative estimate of drug-likeness (QED) is 0.241. The second kappa shape index (κ2) is 15.3. The molecule has 15 nitrogen and oxygen atoms in total. The summed E-state index contributed by atoms with van der Waals surface area (Å²) in [6, 6.07) is 18.8. The molecular weight excluding hydrogens is 537 g/mol. The number of aromatic nitrogens is 9. The molecule has 0 aliphatic rings. The van der Waals surface area contributed by atoms with Gasteiger partial charge < -0.3 is 0 Å². The van der Waals surface area contributed by atoms with Gasteiger partial charge in [0.2, 0.25) is 0 Å². The Bertz CT molecular complexity index is 1610. The van der Waals surface area contributed by atoms with E-state index in [1.807, 2.05) is 31.2 Å². The van der Waals surface area contributed by atoms with E-state index in [2.05, 4.69) is 35.8 Å². The van der Waals surface area contributed by atoms with Gasteiger partial charge in [0.05, 0.1) is 64.5 Å². The maximum Gasteiger partial charge on any atom is 0.272 e. The number of rotatable bonds is 4. The lowest BCUT2D eigenvalue weighted by Gasteiger charge is -1.99. The van der Waals surface area contributed by atoms with Crippen LogP contribution in [-0.2, 0) is 0 Å². The van der Waals surface area contributed by atoms with E-state index in [1.165, 1.54) is 47.0 Å². The normalized spacial score (nSPS) is 9.61. The van der Waals surface area contributed by atoms with Crippen LogP contribution in [0.4, 0.5) is 15.8 Å². The minimum atomic E-state index is -0.636. The first kappa shape index (κ1) is 29.4. The first-order valence-corrected chi connectivity index (χ1v) is 11.6. The molecule has 0 atom stereocenters. The van der Waals surface area contributed by atoms with Crippen molar-refractivity contribution in [3.63, 3.8) is 0 Å². The molecule has 0 saturated heterocycles. The minimum absolute atomic E-state index is 0.0276. The van der Waals surface area contributed by atoms with Gasteiger partial charge in [-0.15, -0.1) is 0 Å². The van der Waals surface area contributed by atoms with Gasteiger partial charge in [-0.3, -0.25) is 20.2 Å². The van der Waals surface area contributed by atoms with Crippen molar-refractivity contribution in [1.82, 2.24) is 45.4 Å². The molecule has 0 radical (unpaired) electrons. The zero-order valence-corrected chi connectivity index (χ0v) is 21.4. The summed E-state index contributed by atoms with van der Waals surface area (Å²) in [6.07, 6.45) is 9.53. The third-order valence-corrected chi connectivity index (χ3v) is 4.69. The number of hydrogen-bond donors (Lipinski definition) is 1. The van der Waals surface area contributed by atoms with Gasteiger partial charge in [-0.05, 0) is 36.8 Å². The molecule has 3 aromatic heterocycles. The van der Waals surface area contributed by atoms with Crippen LogP contribution >= 0.6 is 0 Å². The molecular formula is C25H22FN11O4. The zero-order chi connectivity index (χ0) is 29.5. The van der Waals surface area contributed by atoms with Crippen LogP contribution in [0.3, 0.4) is 0 Å². The Morgan fingerprint density at radius 1 is 0.659 bits per heavy atom. The van der Waals surface area contributed by atoms with Gasteiger partial charge in [-0.2, -0.15) is 45.4 Å². The Balaban J connectivity index is 0.000000158. The summed E-state index contributed by atoms with van der Waals surface area (Å²) in [6.45, 7) is 2.05. The highest BCUT2D eigenvalue weighted by Crippen LogP contribution is 2.15. The number of benzene rings is 3. The predicted molar refractivity (Wildman–Crippen MR) is 144 cm³/mol. The molecule has 0 saturated carbocycles. The Kier molecular flexibility index (Phi) is 10.9. The second-order valence-corrected chi connectivity index (χ2v) is 7.65. The maximum atomic E-state index is 12.2. The highest BCUT2D eigenvalue weighted by molar-refractivity contribution is 5.41. The monoisotopic (exact) mass is 559 g/mol. The standard InChI is InChI=1S/C9H9N3.C8H6N4O2.C6H4FNO2.C2H3N3/c1-8-3-2-4-9(7-8)12-10-5-6-11-12;13-12(14)8-3-1-2-7(6-8)11-9-4-5-10-11;7-5-2-1-3-6(4-5)8(9)10;1-2-4-5-3-1/h2-7H,1H3;1-6H;1-4H;1-2H,(H,3,4,5). The fourth-order valence-corrected chi connectivity index (χ4v) is 2.94. The molecule has 0 spiro atoms. The van der Waals surface area contributed by atoms with E-state index in [-0.39, 0.29) is 11.4 Å². The van der Waals surface area contributed by atoms with Gasteiger partial charge >= 0.3 is 0 Å². The molecule has 0 aliphatic carbocycles. The summed E-state index contributed by atoms with van der Waals surface area (Å²) in [4.78, 5) is 22.3. The van der Waals surface area contributed by atoms with Gasteiger partial charge in [0.25, 0.3) is 11.4 Å². The van der Waals surface area contributed by atoms with E-state index >= 15 is 0 Å². The number of hydrogen-bond acceptors (Lipinski definition) is 10. The first-order valence-electron chi connectivity index (χ1n) is 11.6. The van der Waals surface area contributed by atoms with Crippen LogP contribution in [0, 0.1) is 33.0 Å². The van der Waals surface area contributed by atoms with E-state index in [0.717, 1.165) is 17.8 Å². The molecule has 6 aromatic rings. The third kappa shape index (κ3) is 9.89. The molecule has 6 rings (SSSR count). The van der Waals surface area contributed by atoms with Crippen molar-refractivity contribution in [3.8, 4) is 11.4 Å². The minimum Gasteiger partial charge on any atom is -0.258 e. The van der Waals surface area contributed by atoms with Gasteiger partial charge in [0.1, 0.15) is 5.82 Å². The zero-order valence-electron chi connectivity index (χ0n) is 21.4. The molecule has 0 unspecified atom stereocenters. The summed E-state index contributed by atoms with van der Waals surface area (Å²) < 4.78 is 12.2. The van der Waals surface area contributed by atoms with E-state index in [0.29, 0.717) is 5.69 Å². The fourth-order valence-electron chi connectivity index (χ4n) is 2.94. The topological polar surface area (TPSA) is 189 Å². The third-order valence-electron chi connectivity index (χ3n) is 4.69. The summed E-state index contributed by atoms with van der Waals surface area (Å²) in [5, 5.41) is 45.6. The highest BCUT2D eigenvalue weighted by Gasteiger charge is 2.07. The number of nitro benzene ring substituents is 2. The molecule has 0 aliphatic heterocycles. The van der Waals surface area contributed by atoms with E-state index in [1.54, 1.807) is 41.7 Å². The van der Waals surface area contributed by atoms with Crippen LogP contribution in [0.25, 0.3) is 11.4 Å². The lowest BCUT2D eigenvalue weighted by Crippen LogP contribution is -1.99. The summed E-state index contributed by atoms with van der Waals surface area (Å²) in [5.74, 6) is -0.589. The number of nitro groups is 2. The van der Waals surface area contributed by atoms with E-state index < -0.39 is 15.7 Å². The van der Waals surface area contributed by atoms with Crippen LogP contribution in [0.2, 0.25) is 0 Å². The first-order chi connectivity index (χ1) is 19.8. The molecule has 0 fully saturated rings. The molecule has 0 bridgehead atoms. The maximum absolute atomic E-state index is 12.2. The van der Waals surface area contributed by atoms with Crippen molar-refractivity contribution >= 4 is 11.4 Å². The predicted octanol–water partition coefficient (Wildman–Crippen LogP) is 4.29. The fraction of sp³-hybridized carbons (Fsp3) is 0.0400. The number of aromatic amines is 1. The molecule has 16 heteroatoms. The largest absolute Gasteiger partial charge is 0.272 e. The molecule has 41 heavy (non-hydrogen) atoms. The lowest BCUT2D eigenvalue weighted by molar-refractivity contribution is -0.385. The van der Waals surface area contributed by atoms with Crippen LogP contribution in [0.1, 0.15) is 5.56 Å². The number of aryl methyl sites for hydroxylation is 1. The average molecular weight is 560 g/mol. The van der Waals surface area contributed by atoms with Gasteiger partial charge in [-0.1, -0.05) is 24.3 Å². The average Bonchev–Trinajstić information content (AvgIpc) is 3.79. The number of H-pyrrole nitrogens is 1. The summed E-state index contributed by atoms with van der Waals surface area (Å²) in [7, 11) is 0. The Morgan fingerprint density at radius 3 is 1.54 bits per heavy atom. The van der Waals surface area contributed by atoms with Crippen molar-refractivity contribution in [2.75, 3.05) is 0 Å². The van der Waals surface area contributed by atoms with Crippen molar-refractivity contribution in [2.45, 2.75) is 6.92 Å². The Labute approximate surface area is 231 Å². The summed E-state index contributed by atoms with van der Waals surface area (Å²) in [5.41, 5.74) is 2.59. The molecule has 208 valence electrons. The number of nitrogens with one attached hydrogen (secondary N) is 1. The van der Waals surface area contributed by atoms with Crippen molar-refractivity contribution < 1.29 is 14.2 Å². The number of halogens is 1. The van der Waals surface area contributed by atoms with E-state index in [9.17, 15) is 24.6 Å². The number of nitrogens with zero attached hydrogens (tertiary/aromatic N) is 10. The van der Waals surface area contributed by atoms with Crippen molar-refractivity contribution in [2.24, 2.45) is 0 Å². The van der Waals surface area contributed by atoms with Crippen LogP contribution in [-0.4, -0.2) is 55.2 Å². The van der Waals surface area contributed by atoms with Gasteiger partial charge in [0.15, 0.2) is 0 Å². The Morgan fingerprint density at radius 2 is 1.12 bits per heavy atom. The molecule has 3 aromatic carbocycles.